The van der Waals surface area contributed by atoms with Gasteiger partial charge in [0.15, 0.2) is 5.92 Å². The van der Waals surface area contributed by atoms with Gasteiger partial charge in [-0.05, 0) is 119 Å². The maximum absolute atomic E-state index is 11.5. The third-order valence-corrected chi connectivity index (χ3v) is 10.0. The summed E-state index contributed by atoms with van der Waals surface area (Å²) in [4.78, 5) is 25.0. The molecule has 1 aliphatic carbocycles. The highest BCUT2D eigenvalue weighted by atomic mass is 16.4. The minimum Gasteiger partial charge on any atom is -0.480 e. The largest absolute Gasteiger partial charge is 0.480 e. The Balaban J connectivity index is 1.51. The molecule has 1 atom stereocenters. The van der Waals surface area contributed by atoms with Crippen LogP contribution in [-0.2, 0) is 22.4 Å². The molecule has 2 N–H and O–H groups in total. The minimum absolute atomic E-state index is 0.359. The van der Waals surface area contributed by atoms with E-state index in [1.165, 1.54) is 61.8 Å². The summed E-state index contributed by atoms with van der Waals surface area (Å²) in [5, 5.41) is 37.3. The first-order valence-corrected chi connectivity index (χ1v) is 19.7. The molecule has 4 aromatic carbocycles. The molecule has 0 saturated heterocycles. The average molecular weight is 756 g/mol. The molecular weight excluding hydrogens is 707 g/mol. The first-order valence-electron chi connectivity index (χ1n) is 19.7. The van der Waals surface area contributed by atoms with Crippen molar-refractivity contribution in [1.29, 1.82) is 10.5 Å². The molecule has 0 bridgehead atoms. The van der Waals surface area contributed by atoms with Crippen LogP contribution in [0.15, 0.2) is 138 Å². The van der Waals surface area contributed by atoms with Crippen LogP contribution in [-0.4, -0.2) is 22.2 Å². The standard InChI is InChI=1S/C50H49N3O4/c1-3-5-7-9-36-11-21-41(22-12-36)48(42-23-13-37(14-24-42)10-8-6-4-2)33-40-19-29-47(30-20-40)53(45-25-15-38(16-26-45)31-43(34-51)49(54)55)46-27-17-39(18-28-46)32-44(35-52)50(56)57/h11-17,19-33,44H,3-10,18H2,1-2H3,(H,54,55)(H,56,57)/b39-32?,43-31+. The monoisotopic (exact) mass is 755 g/mol. The number of hydrogen-bond donors (Lipinski definition) is 2. The van der Waals surface area contributed by atoms with Crippen LogP contribution in [0.25, 0.3) is 17.7 Å². The SMILES string of the molecule is CCCCCc1ccc(C(=Cc2ccc(N(C3=CCC(=CC(C#N)C(=O)O)C=C3)c3ccc(/C=C(\C#N)C(=O)O)cc3)cc2)c2ccc(CCCCC)cc2)cc1. The number of rotatable bonds is 18. The fraction of sp³-hybridized carbons (Fsp3) is 0.240. The molecule has 0 aliphatic heterocycles. The second-order valence-electron chi connectivity index (χ2n) is 14.2. The molecule has 288 valence electrons. The zero-order valence-corrected chi connectivity index (χ0v) is 32.7. The van der Waals surface area contributed by atoms with Gasteiger partial charge >= 0.3 is 11.9 Å². The van der Waals surface area contributed by atoms with Crippen molar-refractivity contribution in [3.63, 3.8) is 0 Å². The van der Waals surface area contributed by atoms with E-state index in [1.807, 2.05) is 36.4 Å². The van der Waals surface area contributed by atoms with Gasteiger partial charge in [0.25, 0.3) is 0 Å². The predicted molar refractivity (Wildman–Crippen MR) is 229 cm³/mol. The number of aryl methyl sites for hydroxylation is 2. The Morgan fingerprint density at radius 3 is 1.61 bits per heavy atom. The lowest BCUT2D eigenvalue weighted by molar-refractivity contribution is -0.138. The second-order valence-corrected chi connectivity index (χ2v) is 14.2. The lowest BCUT2D eigenvalue weighted by Crippen LogP contribution is -2.16. The van der Waals surface area contributed by atoms with Crippen molar-refractivity contribution in [2.45, 2.75) is 71.6 Å². The number of carboxylic acid groups (broad SMARTS) is 2. The van der Waals surface area contributed by atoms with Gasteiger partial charge in [0.05, 0.1) is 6.07 Å². The Bertz CT molecular complexity index is 2190. The van der Waals surface area contributed by atoms with E-state index in [-0.39, 0.29) is 5.57 Å². The number of carbonyl (C=O) groups is 2. The van der Waals surface area contributed by atoms with Gasteiger partial charge < -0.3 is 15.1 Å². The molecule has 0 amide bonds. The molecule has 57 heavy (non-hydrogen) atoms. The van der Waals surface area contributed by atoms with Crippen molar-refractivity contribution in [2.75, 3.05) is 4.90 Å². The zero-order valence-electron chi connectivity index (χ0n) is 32.7. The topological polar surface area (TPSA) is 125 Å². The highest BCUT2D eigenvalue weighted by Crippen LogP contribution is 2.35. The van der Waals surface area contributed by atoms with Gasteiger partial charge in [0, 0.05) is 17.1 Å². The number of unbranched alkanes of at least 4 members (excludes halogenated alkanes) is 4. The van der Waals surface area contributed by atoms with Crippen LogP contribution < -0.4 is 4.90 Å². The summed E-state index contributed by atoms with van der Waals surface area (Å²) in [5.41, 5.74) is 10.6. The predicted octanol–water partition coefficient (Wildman–Crippen LogP) is 11.9. The summed E-state index contributed by atoms with van der Waals surface area (Å²) in [6.07, 6.45) is 20.5. The Labute approximate surface area is 336 Å². The summed E-state index contributed by atoms with van der Waals surface area (Å²) in [5.74, 6) is -3.72. The van der Waals surface area contributed by atoms with Crippen LogP contribution in [0.5, 0.6) is 0 Å². The number of benzene rings is 4. The first-order chi connectivity index (χ1) is 27.7. The van der Waals surface area contributed by atoms with E-state index in [1.54, 1.807) is 18.2 Å². The third kappa shape index (κ3) is 11.7. The van der Waals surface area contributed by atoms with E-state index in [0.29, 0.717) is 12.0 Å². The average Bonchev–Trinajstić information content (AvgIpc) is 3.23. The molecule has 7 nitrogen and oxygen atoms in total. The van der Waals surface area contributed by atoms with Gasteiger partial charge in [-0.2, -0.15) is 10.5 Å². The fourth-order valence-electron chi connectivity index (χ4n) is 6.77. The lowest BCUT2D eigenvalue weighted by Gasteiger charge is -2.28. The second kappa shape index (κ2) is 20.8. The number of anilines is 2. The molecular formula is C50H49N3O4. The van der Waals surface area contributed by atoms with E-state index in [2.05, 4.69) is 97.6 Å². The molecule has 7 heteroatoms. The van der Waals surface area contributed by atoms with E-state index >= 15 is 0 Å². The maximum atomic E-state index is 11.5. The van der Waals surface area contributed by atoms with Gasteiger partial charge in [-0.3, -0.25) is 4.79 Å². The van der Waals surface area contributed by atoms with Crippen molar-refractivity contribution >= 4 is 41.0 Å². The molecule has 0 fully saturated rings. The highest BCUT2D eigenvalue weighted by Gasteiger charge is 2.18. The van der Waals surface area contributed by atoms with Crippen molar-refractivity contribution in [3.8, 4) is 12.1 Å². The summed E-state index contributed by atoms with van der Waals surface area (Å²) < 4.78 is 0. The first kappa shape index (κ1) is 41.5. The number of hydrogen-bond acceptors (Lipinski definition) is 5. The molecule has 0 heterocycles. The van der Waals surface area contributed by atoms with Gasteiger partial charge in [-0.1, -0.05) is 131 Å². The molecule has 1 unspecified atom stereocenters. The van der Waals surface area contributed by atoms with E-state index in [0.717, 1.165) is 57.8 Å². The van der Waals surface area contributed by atoms with Crippen molar-refractivity contribution in [2.24, 2.45) is 5.92 Å². The molecule has 4 aromatic rings. The molecule has 5 rings (SSSR count). The Morgan fingerprint density at radius 1 is 0.702 bits per heavy atom. The molecule has 0 saturated carbocycles. The smallest absolute Gasteiger partial charge is 0.346 e. The summed E-state index contributed by atoms with van der Waals surface area (Å²) in [7, 11) is 0. The third-order valence-electron chi connectivity index (χ3n) is 10.0. The summed E-state index contributed by atoms with van der Waals surface area (Å²) in [6, 6.07) is 37.0. The quantitative estimate of drug-likeness (QED) is 0.0448. The molecule has 0 spiro atoms. The number of nitriles is 2. The molecule has 0 aromatic heterocycles. The normalized spacial score (nSPS) is 13.6. The number of allylic oxidation sites excluding steroid dienone is 4. The zero-order chi connectivity index (χ0) is 40.6. The van der Waals surface area contributed by atoms with Crippen molar-refractivity contribution in [3.05, 3.63) is 172 Å². The van der Waals surface area contributed by atoms with Crippen molar-refractivity contribution < 1.29 is 19.8 Å². The summed E-state index contributed by atoms with van der Waals surface area (Å²) in [6.45, 7) is 4.45. The maximum Gasteiger partial charge on any atom is 0.346 e. The van der Waals surface area contributed by atoms with E-state index in [9.17, 15) is 30.3 Å². The fourth-order valence-corrected chi connectivity index (χ4v) is 6.77. The van der Waals surface area contributed by atoms with Crippen LogP contribution >= 0.6 is 0 Å². The van der Waals surface area contributed by atoms with Crippen LogP contribution in [0.4, 0.5) is 11.4 Å². The Hall–Kier alpha value is -6.70. The molecule has 1 aliphatic rings. The van der Waals surface area contributed by atoms with E-state index < -0.39 is 17.9 Å². The number of carboxylic acids is 2. The number of nitrogens with zero attached hydrogens (tertiary/aromatic N) is 3. The van der Waals surface area contributed by atoms with Crippen LogP contribution in [0.3, 0.4) is 0 Å². The Morgan fingerprint density at radius 2 is 1.21 bits per heavy atom. The van der Waals surface area contributed by atoms with Crippen LogP contribution in [0, 0.1) is 28.6 Å². The van der Waals surface area contributed by atoms with Gasteiger partial charge in [-0.25, -0.2) is 4.79 Å². The highest BCUT2D eigenvalue weighted by molar-refractivity contribution is 5.96. The molecule has 0 radical (unpaired) electrons. The number of aliphatic carboxylic acids is 2. The summed E-state index contributed by atoms with van der Waals surface area (Å²) >= 11 is 0. The van der Waals surface area contributed by atoms with Crippen LogP contribution in [0.2, 0.25) is 0 Å². The van der Waals surface area contributed by atoms with Gasteiger partial charge in [-0.15, -0.1) is 0 Å². The van der Waals surface area contributed by atoms with E-state index in [4.69, 9.17) is 0 Å². The van der Waals surface area contributed by atoms with Gasteiger partial charge in [0.2, 0.25) is 0 Å². The Kier molecular flexibility index (Phi) is 15.2. The van der Waals surface area contributed by atoms with Crippen molar-refractivity contribution in [1.82, 2.24) is 0 Å². The minimum atomic E-state index is -1.29. The van der Waals surface area contributed by atoms with Gasteiger partial charge in [0.1, 0.15) is 11.6 Å². The lowest BCUT2D eigenvalue weighted by atomic mass is 9.93. The van der Waals surface area contributed by atoms with Crippen LogP contribution in [0.1, 0.15) is 92.2 Å².